The molecule has 5 heteroatoms. The van der Waals surface area contributed by atoms with Crippen molar-refractivity contribution < 1.29 is 13.7 Å². The van der Waals surface area contributed by atoms with Gasteiger partial charge in [0.2, 0.25) is 0 Å². The van der Waals surface area contributed by atoms with E-state index in [1.807, 2.05) is 32.0 Å². The number of rotatable bonds is 4. The maximum absolute atomic E-state index is 12.3. The summed E-state index contributed by atoms with van der Waals surface area (Å²) in [6.07, 6.45) is 1.44. The molecular formula is C16H17NO3S. The molecule has 1 heterocycles. The topological polar surface area (TPSA) is 56.3 Å². The number of nitrogens with zero attached hydrogens (tertiary/aromatic N) is 1. The summed E-state index contributed by atoms with van der Waals surface area (Å²) < 4.78 is 16.9. The van der Waals surface area contributed by atoms with Gasteiger partial charge in [-0.2, -0.15) is 0 Å². The lowest BCUT2D eigenvalue weighted by Gasteiger charge is -2.06. The monoisotopic (exact) mass is 303 g/mol. The van der Waals surface area contributed by atoms with Crippen LogP contribution in [0.15, 0.2) is 41.4 Å². The molecule has 0 amide bonds. The summed E-state index contributed by atoms with van der Waals surface area (Å²) in [5.41, 5.74) is 3.36. The van der Waals surface area contributed by atoms with Gasteiger partial charge in [0.05, 0.1) is 34.9 Å². The van der Waals surface area contributed by atoms with Crippen molar-refractivity contribution in [1.82, 2.24) is 4.98 Å². The van der Waals surface area contributed by atoms with E-state index in [-0.39, 0.29) is 0 Å². The number of benzene rings is 1. The lowest BCUT2D eigenvalue weighted by molar-refractivity contribution is 0.0600. The standard InChI is InChI=1S/C16H17NO3S/c1-11-4-7-15(8-12(11)2)21(19)10-14-6-5-13(9-17-14)16(18)20-3/h4-9H,10H2,1-3H3. The Morgan fingerprint density at radius 2 is 1.95 bits per heavy atom. The summed E-state index contributed by atoms with van der Waals surface area (Å²) in [6.45, 7) is 4.02. The van der Waals surface area contributed by atoms with E-state index >= 15 is 0 Å². The van der Waals surface area contributed by atoms with Gasteiger partial charge >= 0.3 is 5.97 Å². The van der Waals surface area contributed by atoms with Crippen molar-refractivity contribution in [2.24, 2.45) is 0 Å². The molecule has 0 spiro atoms. The Hall–Kier alpha value is -2.01. The molecule has 2 aromatic rings. The van der Waals surface area contributed by atoms with Gasteiger partial charge in [0.15, 0.2) is 0 Å². The summed E-state index contributed by atoms with van der Waals surface area (Å²) in [7, 11) is 0.174. The van der Waals surface area contributed by atoms with Gasteiger partial charge in [-0.3, -0.25) is 9.19 Å². The molecule has 0 bridgehead atoms. The zero-order valence-corrected chi connectivity index (χ0v) is 13.1. The molecule has 21 heavy (non-hydrogen) atoms. The molecule has 1 aromatic carbocycles. The minimum absolute atomic E-state index is 0.323. The lowest BCUT2D eigenvalue weighted by Crippen LogP contribution is -2.04. The Morgan fingerprint density at radius 3 is 2.52 bits per heavy atom. The highest BCUT2D eigenvalue weighted by molar-refractivity contribution is 7.84. The fourth-order valence-corrected chi connectivity index (χ4v) is 2.96. The third-order valence-corrected chi connectivity index (χ3v) is 4.60. The number of aromatic nitrogens is 1. The van der Waals surface area contributed by atoms with Gasteiger partial charge in [0.1, 0.15) is 0 Å². The Morgan fingerprint density at radius 1 is 1.19 bits per heavy atom. The highest BCUT2D eigenvalue weighted by Gasteiger charge is 2.09. The predicted molar refractivity (Wildman–Crippen MR) is 81.6 cm³/mol. The van der Waals surface area contributed by atoms with E-state index in [0.29, 0.717) is 17.0 Å². The first-order valence-corrected chi connectivity index (χ1v) is 7.82. The van der Waals surface area contributed by atoms with Crippen molar-refractivity contribution in [3.05, 3.63) is 58.9 Å². The number of carbonyl (C=O) groups is 1. The Bertz CT molecular complexity index is 680. The number of methoxy groups -OCH3 is 1. The molecular weight excluding hydrogens is 286 g/mol. The van der Waals surface area contributed by atoms with E-state index in [0.717, 1.165) is 10.5 Å². The van der Waals surface area contributed by atoms with Crippen molar-refractivity contribution in [2.75, 3.05) is 7.11 Å². The molecule has 0 radical (unpaired) electrons. The van der Waals surface area contributed by atoms with Crippen LogP contribution in [0.5, 0.6) is 0 Å². The number of aryl methyl sites for hydroxylation is 2. The SMILES string of the molecule is COC(=O)c1ccc(CS(=O)c2ccc(C)c(C)c2)nc1. The fourth-order valence-electron chi connectivity index (χ4n) is 1.82. The quantitative estimate of drug-likeness (QED) is 0.815. The van der Waals surface area contributed by atoms with Gasteiger partial charge in [-0.15, -0.1) is 0 Å². The van der Waals surface area contributed by atoms with E-state index < -0.39 is 16.8 Å². The number of carbonyl (C=O) groups excluding carboxylic acids is 1. The van der Waals surface area contributed by atoms with Crippen LogP contribution in [-0.4, -0.2) is 22.3 Å². The first-order valence-electron chi connectivity index (χ1n) is 6.50. The summed E-state index contributed by atoms with van der Waals surface area (Å²) >= 11 is 0. The Kier molecular flexibility index (Phi) is 4.85. The number of pyridine rings is 1. The van der Waals surface area contributed by atoms with E-state index in [1.54, 1.807) is 12.1 Å². The van der Waals surface area contributed by atoms with Gasteiger partial charge in [-0.25, -0.2) is 4.79 Å². The molecule has 1 aromatic heterocycles. The van der Waals surface area contributed by atoms with E-state index in [2.05, 4.69) is 9.72 Å². The van der Waals surface area contributed by atoms with Crippen molar-refractivity contribution in [3.63, 3.8) is 0 Å². The smallest absolute Gasteiger partial charge is 0.339 e. The highest BCUT2D eigenvalue weighted by Crippen LogP contribution is 2.16. The molecule has 1 atom stereocenters. The van der Waals surface area contributed by atoms with Gasteiger partial charge in [0, 0.05) is 11.1 Å². The summed E-state index contributed by atoms with van der Waals surface area (Å²) in [5.74, 6) is -0.103. The van der Waals surface area contributed by atoms with Crippen molar-refractivity contribution in [1.29, 1.82) is 0 Å². The zero-order valence-electron chi connectivity index (χ0n) is 12.3. The van der Waals surface area contributed by atoms with Crippen LogP contribution in [0.4, 0.5) is 0 Å². The average molecular weight is 303 g/mol. The number of esters is 1. The summed E-state index contributed by atoms with van der Waals surface area (Å²) in [6, 6.07) is 9.11. The minimum Gasteiger partial charge on any atom is -0.465 e. The molecule has 2 rings (SSSR count). The molecule has 4 nitrogen and oxygen atoms in total. The summed E-state index contributed by atoms with van der Waals surface area (Å²) in [4.78, 5) is 16.3. The van der Waals surface area contributed by atoms with E-state index in [4.69, 9.17) is 0 Å². The molecule has 0 saturated carbocycles. The van der Waals surface area contributed by atoms with Crippen LogP contribution >= 0.6 is 0 Å². The van der Waals surface area contributed by atoms with Gasteiger partial charge in [-0.05, 0) is 49.2 Å². The first-order chi connectivity index (χ1) is 10.0. The second-order valence-corrected chi connectivity index (χ2v) is 6.22. The molecule has 0 saturated heterocycles. The predicted octanol–water partition coefficient (Wildman–Crippen LogP) is 2.79. The second kappa shape index (κ2) is 6.63. The molecule has 0 fully saturated rings. The maximum Gasteiger partial charge on any atom is 0.339 e. The van der Waals surface area contributed by atoms with Crippen LogP contribution < -0.4 is 0 Å². The fraction of sp³-hybridized carbons (Fsp3) is 0.250. The van der Waals surface area contributed by atoms with Crippen LogP contribution in [0, 0.1) is 13.8 Å². The van der Waals surface area contributed by atoms with E-state index in [1.165, 1.54) is 18.9 Å². The largest absolute Gasteiger partial charge is 0.465 e. The molecule has 0 aliphatic heterocycles. The lowest BCUT2D eigenvalue weighted by atomic mass is 10.1. The Labute approximate surface area is 126 Å². The maximum atomic E-state index is 12.3. The number of hydrogen-bond donors (Lipinski definition) is 0. The van der Waals surface area contributed by atoms with Crippen LogP contribution in [0.1, 0.15) is 27.2 Å². The highest BCUT2D eigenvalue weighted by atomic mass is 32.2. The minimum atomic E-state index is -1.15. The van der Waals surface area contributed by atoms with Crippen LogP contribution in [0.2, 0.25) is 0 Å². The number of ether oxygens (including phenoxy) is 1. The third kappa shape index (κ3) is 3.76. The Balaban J connectivity index is 2.12. The molecule has 1 unspecified atom stereocenters. The summed E-state index contributed by atoms with van der Waals surface area (Å²) in [5, 5.41) is 0. The molecule has 0 aliphatic carbocycles. The van der Waals surface area contributed by atoms with Crippen LogP contribution in [-0.2, 0) is 21.3 Å². The van der Waals surface area contributed by atoms with Gasteiger partial charge < -0.3 is 4.74 Å². The van der Waals surface area contributed by atoms with Crippen LogP contribution in [0.3, 0.4) is 0 Å². The van der Waals surface area contributed by atoms with Gasteiger partial charge in [0.25, 0.3) is 0 Å². The molecule has 110 valence electrons. The molecule has 0 N–H and O–H groups in total. The third-order valence-electron chi connectivity index (χ3n) is 3.27. The first kappa shape index (κ1) is 15.4. The van der Waals surface area contributed by atoms with Gasteiger partial charge in [-0.1, -0.05) is 6.07 Å². The van der Waals surface area contributed by atoms with E-state index in [9.17, 15) is 9.00 Å². The number of hydrogen-bond acceptors (Lipinski definition) is 4. The average Bonchev–Trinajstić information content (AvgIpc) is 2.50. The van der Waals surface area contributed by atoms with Crippen molar-refractivity contribution >= 4 is 16.8 Å². The normalized spacial score (nSPS) is 12.0. The van der Waals surface area contributed by atoms with Crippen LogP contribution in [0.25, 0.3) is 0 Å². The van der Waals surface area contributed by atoms with Crippen molar-refractivity contribution in [2.45, 2.75) is 24.5 Å². The zero-order chi connectivity index (χ0) is 15.4. The second-order valence-electron chi connectivity index (χ2n) is 4.77. The molecule has 0 aliphatic rings. The van der Waals surface area contributed by atoms with Crippen molar-refractivity contribution in [3.8, 4) is 0 Å².